The van der Waals surface area contributed by atoms with Crippen molar-refractivity contribution in [3.63, 3.8) is 0 Å². The number of nitrogens with zero attached hydrogens (tertiary/aromatic N) is 3. The van der Waals surface area contributed by atoms with Crippen molar-refractivity contribution in [2.45, 2.75) is 0 Å². The van der Waals surface area contributed by atoms with Gasteiger partial charge in [0.15, 0.2) is 17.5 Å². The molecular formula is C51H31N3OS. The fourth-order valence-corrected chi connectivity index (χ4v) is 8.79. The molecule has 0 unspecified atom stereocenters. The summed E-state index contributed by atoms with van der Waals surface area (Å²) in [5, 5.41) is 4.69. The Labute approximate surface area is 327 Å². The van der Waals surface area contributed by atoms with Gasteiger partial charge in [0.2, 0.25) is 0 Å². The van der Waals surface area contributed by atoms with Crippen LogP contribution in [0.2, 0.25) is 0 Å². The summed E-state index contributed by atoms with van der Waals surface area (Å²) in [5.41, 5.74) is 11.2. The van der Waals surface area contributed by atoms with E-state index in [2.05, 4.69) is 146 Å². The van der Waals surface area contributed by atoms with Gasteiger partial charge in [-0.15, -0.1) is 11.3 Å². The summed E-state index contributed by atoms with van der Waals surface area (Å²) in [5.74, 6) is 1.78. The van der Waals surface area contributed by atoms with Gasteiger partial charge in [0, 0.05) is 42.1 Å². The molecule has 56 heavy (non-hydrogen) atoms. The largest absolute Gasteiger partial charge is 0.455 e. The number of para-hydroxylation sites is 1. The zero-order chi connectivity index (χ0) is 37.0. The molecule has 0 spiro atoms. The minimum atomic E-state index is 0.565. The molecule has 3 heterocycles. The third-order valence-corrected chi connectivity index (χ3v) is 11.7. The van der Waals surface area contributed by atoms with Crippen LogP contribution in [-0.2, 0) is 0 Å². The quantitative estimate of drug-likeness (QED) is 0.171. The van der Waals surface area contributed by atoms with Crippen LogP contribution < -0.4 is 0 Å². The average Bonchev–Trinajstić information content (AvgIpc) is 3.85. The van der Waals surface area contributed by atoms with Crippen LogP contribution in [0.25, 0.3) is 110 Å². The number of hydrogen-bond donors (Lipinski definition) is 0. The van der Waals surface area contributed by atoms with Gasteiger partial charge in [-0.1, -0.05) is 152 Å². The van der Waals surface area contributed by atoms with Crippen LogP contribution in [0.3, 0.4) is 0 Å². The van der Waals surface area contributed by atoms with Gasteiger partial charge in [-0.25, -0.2) is 15.0 Å². The Kier molecular flexibility index (Phi) is 7.64. The molecule has 262 valence electrons. The second-order valence-corrected chi connectivity index (χ2v) is 15.1. The monoisotopic (exact) mass is 733 g/mol. The summed E-state index contributed by atoms with van der Waals surface area (Å²) >= 11 is 1.85. The molecule has 0 N–H and O–H groups in total. The molecule has 0 atom stereocenters. The molecule has 0 saturated heterocycles. The van der Waals surface area contributed by atoms with E-state index in [1.165, 1.54) is 31.3 Å². The predicted octanol–water partition coefficient (Wildman–Crippen LogP) is 14.1. The van der Waals surface area contributed by atoms with Gasteiger partial charge >= 0.3 is 0 Å². The number of furan rings is 1. The Morgan fingerprint density at radius 2 is 0.821 bits per heavy atom. The minimum Gasteiger partial charge on any atom is -0.455 e. The number of benzene rings is 8. The van der Waals surface area contributed by atoms with Crippen molar-refractivity contribution in [2.75, 3.05) is 0 Å². The summed E-state index contributed by atoms with van der Waals surface area (Å²) in [7, 11) is 0. The van der Waals surface area contributed by atoms with Crippen molar-refractivity contribution in [3.8, 4) is 67.5 Å². The first-order chi connectivity index (χ1) is 27.7. The van der Waals surface area contributed by atoms with Gasteiger partial charge in [-0.3, -0.25) is 0 Å². The average molecular weight is 734 g/mol. The van der Waals surface area contributed by atoms with Gasteiger partial charge in [0.1, 0.15) is 11.2 Å². The van der Waals surface area contributed by atoms with E-state index < -0.39 is 0 Å². The zero-order valence-corrected chi connectivity index (χ0v) is 30.9. The topological polar surface area (TPSA) is 51.8 Å². The van der Waals surface area contributed by atoms with E-state index in [1.807, 2.05) is 53.8 Å². The lowest BCUT2D eigenvalue weighted by Gasteiger charge is -2.09. The van der Waals surface area contributed by atoms with Crippen molar-refractivity contribution in [3.05, 3.63) is 188 Å². The molecular weight excluding hydrogens is 703 g/mol. The molecule has 0 aliphatic rings. The van der Waals surface area contributed by atoms with Crippen LogP contribution in [0.4, 0.5) is 0 Å². The van der Waals surface area contributed by atoms with E-state index in [0.29, 0.717) is 17.5 Å². The Bertz CT molecular complexity index is 3220. The first-order valence-electron chi connectivity index (χ1n) is 18.7. The highest BCUT2D eigenvalue weighted by molar-refractivity contribution is 7.25. The lowest BCUT2D eigenvalue weighted by atomic mass is 9.98. The Hall–Kier alpha value is -7.21. The Morgan fingerprint density at radius 1 is 0.321 bits per heavy atom. The van der Waals surface area contributed by atoms with Gasteiger partial charge in [-0.05, 0) is 69.8 Å². The van der Waals surface area contributed by atoms with Gasteiger partial charge in [0.05, 0.1) is 5.56 Å². The summed E-state index contributed by atoms with van der Waals surface area (Å²) in [6, 6.07) is 65.8. The van der Waals surface area contributed by atoms with E-state index in [4.69, 9.17) is 19.4 Å². The van der Waals surface area contributed by atoms with Crippen LogP contribution in [0, 0.1) is 0 Å². The molecule has 0 aliphatic carbocycles. The Balaban J connectivity index is 0.964. The molecule has 0 saturated carbocycles. The van der Waals surface area contributed by atoms with Crippen LogP contribution in [-0.4, -0.2) is 15.0 Å². The van der Waals surface area contributed by atoms with Gasteiger partial charge < -0.3 is 4.42 Å². The highest BCUT2D eigenvalue weighted by Gasteiger charge is 2.18. The van der Waals surface area contributed by atoms with Crippen molar-refractivity contribution >= 4 is 53.4 Å². The van der Waals surface area contributed by atoms with Gasteiger partial charge in [0.25, 0.3) is 0 Å². The van der Waals surface area contributed by atoms with Crippen molar-refractivity contribution in [1.29, 1.82) is 0 Å². The molecule has 0 bridgehead atoms. The second kappa shape index (κ2) is 13.3. The number of rotatable bonds is 6. The number of hydrogen-bond acceptors (Lipinski definition) is 5. The normalized spacial score (nSPS) is 11.6. The molecule has 3 aromatic heterocycles. The fraction of sp³-hybridized carbons (Fsp3) is 0. The van der Waals surface area contributed by atoms with E-state index >= 15 is 0 Å². The number of fused-ring (bicyclic) bond motifs is 6. The maximum absolute atomic E-state index is 6.72. The Morgan fingerprint density at radius 3 is 1.55 bits per heavy atom. The molecule has 11 rings (SSSR count). The summed E-state index contributed by atoms with van der Waals surface area (Å²) in [4.78, 5) is 15.1. The first kappa shape index (κ1) is 32.2. The predicted molar refractivity (Wildman–Crippen MR) is 233 cm³/mol. The fourth-order valence-electron chi connectivity index (χ4n) is 7.70. The van der Waals surface area contributed by atoms with E-state index in [0.717, 1.165) is 60.9 Å². The summed E-state index contributed by atoms with van der Waals surface area (Å²) in [6.45, 7) is 0. The standard InChI is InChI=1S/C51H31N3OS/c1-3-10-32(11-4-1)33-22-24-37(25-23-33)50-52-49(36-12-5-2-6-13-36)53-51(54-50)43-16-9-15-42-40-28-26-39(31-45(40)55-48(42)43)35-20-18-34(19-21-35)38-27-29-47-44(30-38)41-14-7-8-17-46(41)56-47/h1-31H. The van der Waals surface area contributed by atoms with Crippen molar-refractivity contribution in [1.82, 2.24) is 15.0 Å². The number of aromatic nitrogens is 3. The minimum absolute atomic E-state index is 0.565. The molecule has 5 heteroatoms. The molecule has 0 aliphatic heterocycles. The van der Waals surface area contributed by atoms with Crippen molar-refractivity contribution < 1.29 is 4.42 Å². The first-order valence-corrected chi connectivity index (χ1v) is 19.5. The van der Waals surface area contributed by atoms with Crippen molar-refractivity contribution in [2.24, 2.45) is 0 Å². The van der Waals surface area contributed by atoms with Crippen LogP contribution in [0.15, 0.2) is 192 Å². The molecule has 0 fully saturated rings. The molecule has 8 aromatic carbocycles. The molecule has 4 nitrogen and oxygen atoms in total. The smallest absolute Gasteiger partial charge is 0.167 e. The lowest BCUT2D eigenvalue weighted by Crippen LogP contribution is -2.00. The molecule has 11 aromatic rings. The summed E-state index contributed by atoms with van der Waals surface area (Å²) in [6.07, 6.45) is 0. The van der Waals surface area contributed by atoms with E-state index in [1.54, 1.807) is 0 Å². The van der Waals surface area contributed by atoms with E-state index in [9.17, 15) is 0 Å². The van der Waals surface area contributed by atoms with Crippen LogP contribution in [0.1, 0.15) is 0 Å². The second-order valence-electron chi connectivity index (χ2n) is 14.0. The molecule has 0 radical (unpaired) electrons. The highest BCUT2D eigenvalue weighted by Crippen LogP contribution is 2.39. The SMILES string of the molecule is c1ccc(-c2ccc(-c3nc(-c4ccccc4)nc(-c4cccc5c4oc4cc(-c6ccc(-c7ccc8sc9ccccc9c8c7)cc6)ccc45)n3)cc2)cc1. The lowest BCUT2D eigenvalue weighted by molar-refractivity contribution is 0.669. The summed E-state index contributed by atoms with van der Waals surface area (Å²) < 4.78 is 9.36. The van der Waals surface area contributed by atoms with Gasteiger partial charge in [-0.2, -0.15) is 0 Å². The zero-order valence-electron chi connectivity index (χ0n) is 30.1. The number of thiophene rings is 1. The maximum Gasteiger partial charge on any atom is 0.167 e. The van der Waals surface area contributed by atoms with E-state index in [-0.39, 0.29) is 0 Å². The van der Waals surface area contributed by atoms with Crippen LogP contribution in [0.5, 0.6) is 0 Å². The third-order valence-electron chi connectivity index (χ3n) is 10.6. The third kappa shape index (κ3) is 5.65. The highest BCUT2D eigenvalue weighted by atomic mass is 32.1. The van der Waals surface area contributed by atoms with Crippen LogP contribution >= 0.6 is 11.3 Å². The maximum atomic E-state index is 6.72. The molecule has 0 amide bonds.